The minimum absolute atomic E-state index is 0.174. The number of halogens is 1. The second kappa shape index (κ2) is 7.55. The molecule has 2 N–H and O–H groups in total. The highest BCUT2D eigenvalue weighted by Crippen LogP contribution is 2.30. The summed E-state index contributed by atoms with van der Waals surface area (Å²) in [6.45, 7) is 2.65. The average Bonchev–Trinajstić information content (AvgIpc) is 3.09. The Bertz CT molecular complexity index is 874. The van der Waals surface area contributed by atoms with Gasteiger partial charge in [-0.3, -0.25) is 0 Å². The predicted octanol–water partition coefficient (Wildman–Crippen LogP) is 5.15. The number of carbonyl (C=O) groups is 1. The third-order valence-corrected chi connectivity index (χ3v) is 4.35. The Morgan fingerprint density at radius 2 is 1.92 bits per heavy atom. The maximum absolute atomic E-state index is 11.1. The molecule has 0 fully saturated rings. The Kier molecular flexibility index (Phi) is 5.22. The molecule has 0 bridgehead atoms. The fraction of sp³-hybridized carbons (Fsp3) is 0.150. The summed E-state index contributed by atoms with van der Waals surface area (Å²) in [7, 11) is 0. The first kappa shape index (κ1) is 17.3. The van der Waals surface area contributed by atoms with Gasteiger partial charge < -0.3 is 14.8 Å². The molecule has 0 saturated heterocycles. The van der Waals surface area contributed by atoms with E-state index < -0.39 is 5.97 Å². The molecule has 1 aromatic heterocycles. The Labute approximate surface area is 151 Å². The van der Waals surface area contributed by atoms with Crippen molar-refractivity contribution in [1.82, 2.24) is 5.32 Å². The zero-order valence-electron chi connectivity index (χ0n) is 13.7. The average molecular weight is 356 g/mol. The number of aromatic carboxylic acids is 1. The summed E-state index contributed by atoms with van der Waals surface area (Å²) in [5.74, 6) is 0.315. The van der Waals surface area contributed by atoms with Gasteiger partial charge in [0.25, 0.3) is 0 Å². The summed E-state index contributed by atoms with van der Waals surface area (Å²) < 4.78 is 5.83. The van der Waals surface area contributed by atoms with Crippen molar-refractivity contribution in [3.8, 4) is 11.3 Å². The molecule has 4 nitrogen and oxygen atoms in total. The van der Waals surface area contributed by atoms with Gasteiger partial charge >= 0.3 is 5.97 Å². The molecule has 0 aliphatic rings. The summed E-state index contributed by atoms with van der Waals surface area (Å²) in [6.07, 6.45) is 0. The quantitative estimate of drug-likeness (QED) is 0.642. The van der Waals surface area contributed by atoms with Crippen LogP contribution in [0.2, 0.25) is 5.02 Å². The lowest BCUT2D eigenvalue weighted by Gasteiger charge is -2.13. The fourth-order valence-corrected chi connectivity index (χ4v) is 2.79. The van der Waals surface area contributed by atoms with E-state index >= 15 is 0 Å². The van der Waals surface area contributed by atoms with Crippen molar-refractivity contribution < 1.29 is 14.3 Å². The van der Waals surface area contributed by atoms with E-state index in [2.05, 4.69) is 24.4 Å². The van der Waals surface area contributed by atoms with E-state index in [-0.39, 0.29) is 11.6 Å². The molecule has 1 atom stereocenters. The van der Waals surface area contributed by atoms with Crippen LogP contribution in [0.4, 0.5) is 0 Å². The molecule has 3 aromatic rings. The van der Waals surface area contributed by atoms with Crippen molar-refractivity contribution in [2.24, 2.45) is 0 Å². The van der Waals surface area contributed by atoms with E-state index in [1.807, 2.05) is 24.3 Å². The second-order valence-electron chi connectivity index (χ2n) is 5.78. The van der Waals surface area contributed by atoms with Gasteiger partial charge in [-0.1, -0.05) is 41.9 Å². The molecule has 25 heavy (non-hydrogen) atoms. The van der Waals surface area contributed by atoms with Gasteiger partial charge in [-0.25, -0.2) is 4.79 Å². The van der Waals surface area contributed by atoms with Crippen molar-refractivity contribution in [1.29, 1.82) is 0 Å². The van der Waals surface area contributed by atoms with Crippen LogP contribution in [0.1, 0.15) is 34.6 Å². The van der Waals surface area contributed by atoms with Crippen LogP contribution in [0, 0.1) is 0 Å². The maximum atomic E-state index is 11.1. The monoisotopic (exact) mass is 355 g/mol. The summed E-state index contributed by atoms with van der Waals surface area (Å²) in [4.78, 5) is 11.1. The van der Waals surface area contributed by atoms with E-state index in [0.717, 1.165) is 5.76 Å². The fourth-order valence-electron chi connectivity index (χ4n) is 2.58. The molecular weight excluding hydrogens is 338 g/mol. The number of hydrogen-bond donors (Lipinski definition) is 2. The SMILES string of the molecule is CC(NCc1ccc(-c2cc(C(=O)O)ccc2Cl)o1)c1ccccc1. The molecule has 2 aromatic carbocycles. The molecule has 0 spiro atoms. The first-order valence-electron chi connectivity index (χ1n) is 7.95. The van der Waals surface area contributed by atoms with Crippen LogP contribution in [0.15, 0.2) is 65.1 Å². The Balaban J connectivity index is 1.73. The Hall–Kier alpha value is -2.56. The van der Waals surface area contributed by atoms with Gasteiger partial charge in [0.05, 0.1) is 17.1 Å². The Morgan fingerprint density at radius 3 is 2.64 bits per heavy atom. The van der Waals surface area contributed by atoms with Crippen LogP contribution in [-0.4, -0.2) is 11.1 Å². The largest absolute Gasteiger partial charge is 0.478 e. The highest BCUT2D eigenvalue weighted by atomic mass is 35.5. The van der Waals surface area contributed by atoms with Gasteiger partial charge in [-0.05, 0) is 42.8 Å². The van der Waals surface area contributed by atoms with Gasteiger partial charge in [0, 0.05) is 11.6 Å². The molecule has 5 heteroatoms. The maximum Gasteiger partial charge on any atom is 0.335 e. The van der Waals surface area contributed by atoms with Crippen LogP contribution in [0.3, 0.4) is 0 Å². The van der Waals surface area contributed by atoms with E-state index in [4.69, 9.17) is 21.1 Å². The summed E-state index contributed by atoms with van der Waals surface area (Å²) in [5.41, 5.74) is 1.95. The number of rotatable bonds is 6. The molecule has 0 amide bonds. The molecule has 128 valence electrons. The first-order chi connectivity index (χ1) is 12.0. The number of benzene rings is 2. The van der Waals surface area contributed by atoms with Crippen LogP contribution in [0.25, 0.3) is 11.3 Å². The lowest BCUT2D eigenvalue weighted by Crippen LogP contribution is -2.17. The lowest BCUT2D eigenvalue weighted by molar-refractivity contribution is 0.0697. The summed E-state index contributed by atoms with van der Waals surface area (Å²) in [6, 6.07) is 18.6. The van der Waals surface area contributed by atoms with E-state index in [0.29, 0.717) is 22.9 Å². The molecule has 0 radical (unpaired) electrons. The lowest BCUT2D eigenvalue weighted by atomic mass is 10.1. The van der Waals surface area contributed by atoms with Gasteiger partial charge in [-0.2, -0.15) is 0 Å². The minimum Gasteiger partial charge on any atom is -0.478 e. The van der Waals surface area contributed by atoms with Gasteiger partial charge in [0.2, 0.25) is 0 Å². The summed E-state index contributed by atoms with van der Waals surface area (Å²) in [5, 5.41) is 13.0. The Morgan fingerprint density at radius 1 is 1.16 bits per heavy atom. The normalized spacial score (nSPS) is 12.1. The van der Waals surface area contributed by atoms with E-state index in [1.165, 1.54) is 17.7 Å². The highest BCUT2D eigenvalue weighted by Gasteiger charge is 2.13. The minimum atomic E-state index is -0.997. The van der Waals surface area contributed by atoms with Gasteiger partial charge in [0.15, 0.2) is 0 Å². The number of carboxylic acids is 1. The molecule has 1 heterocycles. The van der Waals surface area contributed by atoms with Crippen molar-refractivity contribution >= 4 is 17.6 Å². The molecule has 0 saturated carbocycles. The third-order valence-electron chi connectivity index (χ3n) is 4.02. The van der Waals surface area contributed by atoms with Crippen molar-refractivity contribution in [3.05, 3.63) is 82.6 Å². The van der Waals surface area contributed by atoms with Crippen LogP contribution >= 0.6 is 11.6 Å². The first-order valence-corrected chi connectivity index (χ1v) is 8.32. The third kappa shape index (κ3) is 4.10. The molecular formula is C20H18ClNO3. The molecule has 0 aliphatic carbocycles. The second-order valence-corrected chi connectivity index (χ2v) is 6.19. The smallest absolute Gasteiger partial charge is 0.335 e. The van der Waals surface area contributed by atoms with Crippen molar-refractivity contribution in [2.75, 3.05) is 0 Å². The zero-order chi connectivity index (χ0) is 17.8. The van der Waals surface area contributed by atoms with Crippen LogP contribution < -0.4 is 5.32 Å². The van der Waals surface area contributed by atoms with E-state index in [1.54, 1.807) is 12.1 Å². The van der Waals surface area contributed by atoms with Crippen molar-refractivity contribution in [2.45, 2.75) is 19.5 Å². The number of furan rings is 1. The predicted molar refractivity (Wildman–Crippen MR) is 97.8 cm³/mol. The van der Waals surface area contributed by atoms with Crippen LogP contribution in [-0.2, 0) is 6.54 Å². The standard InChI is InChI=1S/C20H18ClNO3/c1-13(14-5-3-2-4-6-14)22-12-16-8-10-19(25-16)17-11-15(20(23)24)7-9-18(17)21/h2-11,13,22H,12H2,1H3,(H,23,24). The van der Waals surface area contributed by atoms with E-state index in [9.17, 15) is 4.79 Å². The zero-order valence-corrected chi connectivity index (χ0v) is 14.5. The van der Waals surface area contributed by atoms with Gasteiger partial charge in [-0.15, -0.1) is 0 Å². The molecule has 3 rings (SSSR count). The number of hydrogen-bond acceptors (Lipinski definition) is 3. The summed E-state index contributed by atoms with van der Waals surface area (Å²) >= 11 is 6.18. The molecule has 0 aliphatic heterocycles. The molecule has 1 unspecified atom stereocenters. The van der Waals surface area contributed by atoms with Crippen molar-refractivity contribution in [3.63, 3.8) is 0 Å². The van der Waals surface area contributed by atoms with Gasteiger partial charge in [0.1, 0.15) is 11.5 Å². The highest BCUT2D eigenvalue weighted by molar-refractivity contribution is 6.33. The number of carboxylic acid groups (broad SMARTS) is 1. The topological polar surface area (TPSA) is 62.5 Å². The van der Waals surface area contributed by atoms with Crippen LogP contribution in [0.5, 0.6) is 0 Å². The number of nitrogens with one attached hydrogen (secondary N) is 1.